The summed E-state index contributed by atoms with van der Waals surface area (Å²) in [5.41, 5.74) is 0. The minimum absolute atomic E-state index is 0.0540. The molecule has 1 saturated heterocycles. The summed E-state index contributed by atoms with van der Waals surface area (Å²) in [5.74, 6) is 0.118. The van der Waals surface area contributed by atoms with Gasteiger partial charge in [-0.1, -0.05) is 0 Å². The molecule has 0 bridgehead atoms. The van der Waals surface area contributed by atoms with Crippen LogP contribution in [0.1, 0.15) is 12.8 Å². The first-order valence-electron chi connectivity index (χ1n) is 3.16. The number of hydrogen-bond acceptors (Lipinski definition) is 2. The first-order chi connectivity index (χ1) is 4.70. The van der Waals surface area contributed by atoms with Gasteiger partial charge in [-0.25, -0.2) is 0 Å². The maximum absolute atomic E-state index is 10.7. The van der Waals surface area contributed by atoms with Crippen LogP contribution in [0.2, 0.25) is 0 Å². The summed E-state index contributed by atoms with van der Waals surface area (Å²) in [6, 6.07) is 0. The van der Waals surface area contributed by atoms with Crippen LogP contribution in [0.25, 0.3) is 0 Å². The second-order valence-electron chi connectivity index (χ2n) is 2.34. The molecule has 1 aliphatic rings. The van der Waals surface area contributed by atoms with Crippen molar-refractivity contribution in [3.8, 4) is 0 Å². The smallest absolute Gasteiger partial charge is 0.220 e. The van der Waals surface area contributed by atoms with Crippen molar-refractivity contribution < 1.29 is 9.59 Å². The van der Waals surface area contributed by atoms with Crippen LogP contribution in [0.3, 0.4) is 0 Å². The van der Waals surface area contributed by atoms with Crippen LogP contribution in [0, 0.1) is 5.92 Å². The number of nitrogens with one attached hydrogen (secondary N) is 1. The Morgan fingerprint density at radius 1 is 1.70 bits per heavy atom. The number of carbonyl (C=O) groups excluding carboxylic acids is 2. The van der Waals surface area contributed by atoms with Crippen LogP contribution in [0.5, 0.6) is 0 Å². The van der Waals surface area contributed by atoms with Gasteiger partial charge in [-0.05, 0) is 29.0 Å². The van der Waals surface area contributed by atoms with Crippen molar-refractivity contribution in [3.05, 3.63) is 0 Å². The molecule has 1 fully saturated rings. The van der Waals surface area contributed by atoms with Crippen molar-refractivity contribution in [2.75, 3.05) is 6.54 Å². The zero-order valence-corrected chi connectivity index (χ0v) is 7.55. The first kappa shape index (κ1) is 7.97. The lowest BCUT2D eigenvalue weighted by Crippen LogP contribution is -2.36. The summed E-state index contributed by atoms with van der Waals surface area (Å²) in [4.78, 5) is 21.3. The van der Waals surface area contributed by atoms with Crippen LogP contribution in [0.15, 0.2) is 0 Å². The molecule has 1 heterocycles. The van der Waals surface area contributed by atoms with E-state index in [1.54, 1.807) is 22.6 Å². The van der Waals surface area contributed by atoms with Crippen LogP contribution >= 0.6 is 22.6 Å². The van der Waals surface area contributed by atoms with E-state index in [0.29, 0.717) is 19.4 Å². The predicted molar refractivity (Wildman–Crippen MR) is 44.8 cm³/mol. The van der Waals surface area contributed by atoms with E-state index in [-0.39, 0.29) is 15.6 Å². The Bertz CT molecular complexity index is 159. The molecule has 4 heteroatoms. The van der Waals surface area contributed by atoms with E-state index >= 15 is 0 Å². The molecule has 0 aliphatic carbocycles. The fraction of sp³-hybridized carbons (Fsp3) is 0.667. The maximum atomic E-state index is 10.7. The van der Waals surface area contributed by atoms with Gasteiger partial charge in [0.25, 0.3) is 0 Å². The molecule has 0 aromatic heterocycles. The predicted octanol–water partition coefficient (Wildman–Crippen LogP) is 0.474. The molecule has 1 aliphatic heterocycles. The van der Waals surface area contributed by atoms with Crippen molar-refractivity contribution in [1.82, 2.24) is 5.32 Å². The molecule has 3 nitrogen and oxygen atoms in total. The fourth-order valence-electron chi connectivity index (χ4n) is 0.927. The minimum atomic E-state index is 0.0540. The monoisotopic (exact) mass is 253 g/mol. The molecule has 1 amide bonds. The summed E-state index contributed by atoms with van der Waals surface area (Å²) >= 11 is 1.78. The van der Waals surface area contributed by atoms with E-state index in [1.165, 1.54) is 0 Å². The Hall–Kier alpha value is -0.130. The van der Waals surface area contributed by atoms with Crippen molar-refractivity contribution >= 4 is 32.3 Å². The third-order valence-electron chi connectivity index (χ3n) is 1.59. The largest absolute Gasteiger partial charge is 0.355 e. The molecule has 0 saturated carbocycles. The molecular weight excluding hydrogens is 245 g/mol. The Labute approximate surface area is 72.7 Å². The van der Waals surface area contributed by atoms with Gasteiger partial charge in [0, 0.05) is 18.9 Å². The first-order valence-corrected chi connectivity index (χ1v) is 4.24. The zero-order valence-electron chi connectivity index (χ0n) is 5.39. The molecule has 1 rings (SSSR count). The normalized spacial score (nSPS) is 25.7. The number of piperidine rings is 1. The van der Waals surface area contributed by atoms with Crippen molar-refractivity contribution in [3.63, 3.8) is 0 Å². The van der Waals surface area contributed by atoms with Crippen molar-refractivity contribution in [2.24, 2.45) is 5.92 Å². The Kier molecular flexibility index (Phi) is 2.64. The molecule has 0 aromatic rings. The Balaban J connectivity index is 2.40. The zero-order chi connectivity index (χ0) is 7.56. The molecule has 1 atom stereocenters. The highest BCUT2D eigenvalue weighted by Crippen LogP contribution is 2.14. The second kappa shape index (κ2) is 3.32. The van der Waals surface area contributed by atoms with Crippen LogP contribution < -0.4 is 5.32 Å². The van der Waals surface area contributed by atoms with Crippen molar-refractivity contribution in [2.45, 2.75) is 12.8 Å². The third kappa shape index (κ3) is 1.93. The lowest BCUT2D eigenvalue weighted by Gasteiger charge is -2.18. The van der Waals surface area contributed by atoms with Gasteiger partial charge in [0.05, 0.1) is 0 Å². The number of carbonyl (C=O) groups is 2. The van der Waals surface area contributed by atoms with Gasteiger partial charge >= 0.3 is 0 Å². The van der Waals surface area contributed by atoms with Gasteiger partial charge < -0.3 is 5.32 Å². The van der Waals surface area contributed by atoms with Crippen LogP contribution in [-0.4, -0.2) is 16.2 Å². The van der Waals surface area contributed by atoms with Gasteiger partial charge in [0.1, 0.15) is 0 Å². The lowest BCUT2D eigenvalue weighted by molar-refractivity contribution is -0.124. The van der Waals surface area contributed by atoms with E-state index in [0.717, 1.165) is 0 Å². The van der Waals surface area contributed by atoms with Gasteiger partial charge in [0.15, 0.2) is 3.79 Å². The molecule has 1 N–H and O–H groups in total. The van der Waals surface area contributed by atoms with Gasteiger partial charge in [0.2, 0.25) is 5.91 Å². The van der Waals surface area contributed by atoms with E-state index in [2.05, 4.69) is 5.32 Å². The van der Waals surface area contributed by atoms with Crippen molar-refractivity contribution in [1.29, 1.82) is 0 Å². The molecule has 0 radical (unpaired) electrons. The average Bonchev–Trinajstić information content (AvgIpc) is 1.88. The quantitative estimate of drug-likeness (QED) is 0.545. The average molecular weight is 253 g/mol. The molecule has 56 valence electrons. The highest BCUT2D eigenvalue weighted by Gasteiger charge is 2.21. The highest BCUT2D eigenvalue weighted by atomic mass is 127. The fourth-order valence-corrected chi connectivity index (χ4v) is 1.46. The molecule has 1 unspecified atom stereocenters. The van der Waals surface area contributed by atoms with E-state index in [4.69, 9.17) is 0 Å². The summed E-state index contributed by atoms with van der Waals surface area (Å²) in [5, 5.41) is 2.65. The number of halogens is 1. The molecule has 0 aromatic carbocycles. The standard InChI is InChI=1S/C6H8INO2/c7-6(10)4-1-2-5(9)8-3-4/h4H,1-3H2,(H,8,9). The van der Waals surface area contributed by atoms with E-state index < -0.39 is 0 Å². The minimum Gasteiger partial charge on any atom is -0.355 e. The molecule has 0 spiro atoms. The topological polar surface area (TPSA) is 46.2 Å². The molecule has 10 heavy (non-hydrogen) atoms. The third-order valence-corrected chi connectivity index (χ3v) is 2.47. The summed E-state index contributed by atoms with van der Waals surface area (Å²) in [6.45, 7) is 0.528. The van der Waals surface area contributed by atoms with Crippen LogP contribution in [0.4, 0.5) is 0 Å². The Morgan fingerprint density at radius 3 is 2.80 bits per heavy atom. The summed E-state index contributed by atoms with van der Waals surface area (Å²) in [7, 11) is 0. The van der Waals surface area contributed by atoms with Gasteiger partial charge in [-0.3, -0.25) is 9.59 Å². The second-order valence-corrected chi connectivity index (χ2v) is 3.41. The lowest BCUT2D eigenvalue weighted by atomic mass is 10.0. The highest BCUT2D eigenvalue weighted by molar-refractivity contribution is 14.1. The summed E-state index contributed by atoms with van der Waals surface area (Å²) in [6.07, 6.45) is 1.22. The SMILES string of the molecule is O=C1CCC(C(=O)I)CN1. The number of amides is 1. The summed E-state index contributed by atoms with van der Waals surface area (Å²) < 4.78 is 0.151. The van der Waals surface area contributed by atoms with E-state index in [9.17, 15) is 9.59 Å². The van der Waals surface area contributed by atoms with Gasteiger partial charge in [-0.2, -0.15) is 0 Å². The maximum Gasteiger partial charge on any atom is 0.220 e. The number of hydrogen-bond donors (Lipinski definition) is 1. The van der Waals surface area contributed by atoms with E-state index in [1.807, 2.05) is 0 Å². The number of rotatable bonds is 1. The Morgan fingerprint density at radius 2 is 2.40 bits per heavy atom. The van der Waals surface area contributed by atoms with Gasteiger partial charge in [-0.15, -0.1) is 0 Å². The molecular formula is C6H8INO2. The van der Waals surface area contributed by atoms with Crippen LogP contribution in [-0.2, 0) is 9.59 Å².